The number of ether oxygens (including phenoxy) is 2. The molecule has 8 heteroatoms. The summed E-state index contributed by atoms with van der Waals surface area (Å²) in [6, 6.07) is 0. The lowest BCUT2D eigenvalue weighted by Gasteiger charge is -2.21. The first kappa shape index (κ1) is 39.5. The summed E-state index contributed by atoms with van der Waals surface area (Å²) >= 11 is 0. The van der Waals surface area contributed by atoms with E-state index in [0.717, 1.165) is 44.4 Å². The Bertz CT molecular complexity index is 849. The topological polar surface area (TPSA) is 127 Å². The number of carboxylic acids is 1. The zero-order valence-electron chi connectivity index (χ0n) is 27.5. The number of esters is 3. The average molecular weight is 621 g/mol. The predicted octanol–water partition coefficient (Wildman–Crippen LogP) is 8.11. The zero-order chi connectivity index (χ0) is 32.4. The van der Waals surface area contributed by atoms with Crippen molar-refractivity contribution in [2.45, 2.75) is 142 Å². The van der Waals surface area contributed by atoms with Gasteiger partial charge in [0.15, 0.2) is 0 Å². The molecular formula is C36H60O8. The number of unbranched alkanes of at least 4 members (excludes halogenated alkanes) is 2. The van der Waals surface area contributed by atoms with Crippen molar-refractivity contribution >= 4 is 23.9 Å². The van der Waals surface area contributed by atoms with Crippen molar-refractivity contribution in [2.75, 3.05) is 13.2 Å². The lowest BCUT2D eigenvalue weighted by atomic mass is 9.87. The third-order valence-corrected chi connectivity index (χ3v) is 8.58. The molecule has 1 aliphatic heterocycles. The Morgan fingerprint density at radius 1 is 0.864 bits per heavy atom. The van der Waals surface area contributed by atoms with Crippen molar-refractivity contribution in [2.24, 2.45) is 23.7 Å². The maximum Gasteiger partial charge on any atom is 0.317 e. The van der Waals surface area contributed by atoms with Gasteiger partial charge in [-0.1, -0.05) is 115 Å². The summed E-state index contributed by atoms with van der Waals surface area (Å²) in [6.45, 7) is 4.99. The molecular weight excluding hydrogens is 560 g/mol. The molecule has 0 radical (unpaired) electrons. The van der Waals surface area contributed by atoms with E-state index < -0.39 is 11.9 Å². The van der Waals surface area contributed by atoms with Gasteiger partial charge >= 0.3 is 23.9 Å². The SMILES string of the molecule is CCC/C=C/CC(CC(=O)OCCC1CCCCC1)C(=O)O.CCC/C=C/CC1CC(=O)OC1=O.OCCC1CCCCC1. The monoisotopic (exact) mass is 620 g/mol. The highest BCUT2D eigenvalue weighted by Crippen LogP contribution is 2.27. The van der Waals surface area contributed by atoms with Crippen LogP contribution in [0.3, 0.4) is 0 Å². The number of allylic oxidation sites excluding steroid dienone is 4. The van der Waals surface area contributed by atoms with Gasteiger partial charge < -0.3 is 19.7 Å². The van der Waals surface area contributed by atoms with Crippen LogP contribution in [-0.4, -0.2) is 47.3 Å². The molecule has 2 atom stereocenters. The molecule has 0 aromatic rings. The molecule has 0 aromatic carbocycles. The van der Waals surface area contributed by atoms with Crippen LogP contribution in [0.25, 0.3) is 0 Å². The Morgan fingerprint density at radius 2 is 1.43 bits per heavy atom. The standard InChI is InChI=1S/C18H30O4.C10H14O3.C8H16O/c1-2-3-4-8-11-16(18(20)21)14-17(19)22-13-12-15-9-6-5-7-10-15;1-2-3-4-5-6-8-7-9(11)13-10(8)12;9-7-6-8-4-2-1-3-5-8/h4,8,15-16H,2-3,5-7,9-14H2,1H3,(H,20,21);4-5,8H,2-3,6-7H2,1H3;8-9H,1-7H2/b8-4+;5-4+;. The van der Waals surface area contributed by atoms with Gasteiger partial charge in [0, 0.05) is 6.61 Å². The van der Waals surface area contributed by atoms with Crippen molar-refractivity contribution in [1.82, 2.24) is 0 Å². The van der Waals surface area contributed by atoms with Crippen LogP contribution >= 0.6 is 0 Å². The van der Waals surface area contributed by atoms with Gasteiger partial charge in [-0.15, -0.1) is 0 Å². The molecule has 0 spiro atoms. The van der Waals surface area contributed by atoms with Gasteiger partial charge in [0.1, 0.15) is 0 Å². The molecule has 3 fully saturated rings. The molecule has 2 unspecified atom stereocenters. The molecule has 1 heterocycles. The number of carbonyl (C=O) groups is 4. The normalized spacial score (nSPS) is 20.0. The van der Waals surface area contributed by atoms with Crippen molar-refractivity contribution in [3.8, 4) is 0 Å². The number of aliphatic carboxylic acids is 1. The van der Waals surface area contributed by atoms with E-state index in [4.69, 9.17) is 14.9 Å². The summed E-state index contributed by atoms with van der Waals surface area (Å²) in [5.41, 5.74) is 0. The van der Waals surface area contributed by atoms with Gasteiger partial charge in [-0.3, -0.25) is 19.2 Å². The van der Waals surface area contributed by atoms with Gasteiger partial charge in [-0.05, 0) is 50.4 Å². The van der Waals surface area contributed by atoms with Crippen LogP contribution in [0.4, 0.5) is 0 Å². The van der Waals surface area contributed by atoms with E-state index in [9.17, 15) is 19.2 Å². The summed E-state index contributed by atoms with van der Waals surface area (Å²) in [7, 11) is 0. The molecule has 0 bridgehead atoms. The van der Waals surface area contributed by atoms with Crippen molar-refractivity contribution in [3.63, 3.8) is 0 Å². The summed E-state index contributed by atoms with van der Waals surface area (Å²) in [5, 5.41) is 17.8. The van der Waals surface area contributed by atoms with Gasteiger partial charge in [0.25, 0.3) is 0 Å². The van der Waals surface area contributed by atoms with E-state index in [1.54, 1.807) is 0 Å². The molecule has 3 aliphatic rings. The van der Waals surface area contributed by atoms with Crippen LogP contribution in [0.15, 0.2) is 24.3 Å². The molecule has 3 rings (SSSR count). The predicted molar refractivity (Wildman–Crippen MR) is 173 cm³/mol. The van der Waals surface area contributed by atoms with E-state index in [1.807, 2.05) is 24.3 Å². The first-order chi connectivity index (χ1) is 21.3. The van der Waals surface area contributed by atoms with Gasteiger partial charge in [-0.2, -0.15) is 0 Å². The molecule has 2 aliphatic carbocycles. The summed E-state index contributed by atoms with van der Waals surface area (Å²) in [4.78, 5) is 44.6. The molecule has 2 N–H and O–H groups in total. The highest BCUT2D eigenvalue weighted by Gasteiger charge is 2.32. The number of hydrogen-bond acceptors (Lipinski definition) is 7. The van der Waals surface area contributed by atoms with Crippen molar-refractivity contribution in [3.05, 3.63) is 24.3 Å². The maximum atomic E-state index is 11.8. The van der Waals surface area contributed by atoms with E-state index in [0.29, 0.717) is 32.0 Å². The highest BCUT2D eigenvalue weighted by atomic mass is 16.6. The van der Waals surface area contributed by atoms with Crippen molar-refractivity contribution < 1.29 is 38.9 Å². The van der Waals surface area contributed by atoms with E-state index in [1.165, 1.54) is 64.2 Å². The van der Waals surface area contributed by atoms with Crippen LogP contribution in [0.1, 0.15) is 142 Å². The number of aliphatic hydroxyl groups excluding tert-OH is 1. The Labute approximate surface area is 266 Å². The Morgan fingerprint density at radius 3 is 1.93 bits per heavy atom. The molecule has 2 saturated carbocycles. The van der Waals surface area contributed by atoms with Crippen LogP contribution < -0.4 is 0 Å². The highest BCUT2D eigenvalue weighted by molar-refractivity contribution is 5.94. The second-order valence-electron chi connectivity index (χ2n) is 12.5. The summed E-state index contributed by atoms with van der Waals surface area (Å²) in [6.07, 6.45) is 28.4. The fourth-order valence-corrected chi connectivity index (χ4v) is 5.80. The van der Waals surface area contributed by atoms with Gasteiger partial charge in [0.05, 0.1) is 31.3 Å². The number of carbonyl (C=O) groups excluding carboxylic acids is 3. The summed E-state index contributed by atoms with van der Waals surface area (Å²) < 4.78 is 9.65. The maximum absolute atomic E-state index is 11.8. The lowest BCUT2D eigenvalue weighted by molar-refractivity contribution is -0.153. The average Bonchev–Trinajstić information content (AvgIpc) is 3.35. The van der Waals surface area contributed by atoms with E-state index >= 15 is 0 Å². The van der Waals surface area contributed by atoms with Crippen LogP contribution in [0.2, 0.25) is 0 Å². The number of carboxylic acid groups (broad SMARTS) is 1. The van der Waals surface area contributed by atoms with Crippen LogP contribution in [0.5, 0.6) is 0 Å². The zero-order valence-corrected chi connectivity index (χ0v) is 27.5. The van der Waals surface area contributed by atoms with E-state index in [2.05, 4.69) is 18.6 Å². The molecule has 44 heavy (non-hydrogen) atoms. The third-order valence-electron chi connectivity index (χ3n) is 8.58. The molecule has 1 saturated heterocycles. The first-order valence-corrected chi connectivity index (χ1v) is 17.3. The molecule has 0 aromatic heterocycles. The Kier molecular flexibility index (Phi) is 23.2. The Balaban J connectivity index is 0.000000369. The quantitative estimate of drug-likeness (QED) is 0.101. The minimum Gasteiger partial charge on any atom is -0.481 e. The fraction of sp³-hybridized carbons (Fsp3) is 0.778. The summed E-state index contributed by atoms with van der Waals surface area (Å²) in [5.74, 6) is -1.45. The number of hydrogen-bond donors (Lipinski definition) is 2. The number of rotatable bonds is 16. The third kappa shape index (κ3) is 19.7. The first-order valence-electron chi connectivity index (χ1n) is 17.3. The second kappa shape index (κ2) is 25.8. The van der Waals surface area contributed by atoms with Gasteiger partial charge in [-0.25, -0.2) is 0 Å². The minimum atomic E-state index is -0.926. The fourth-order valence-electron chi connectivity index (χ4n) is 5.80. The second-order valence-corrected chi connectivity index (χ2v) is 12.5. The molecule has 252 valence electrons. The smallest absolute Gasteiger partial charge is 0.317 e. The number of aliphatic hydroxyl groups is 1. The molecule has 8 nitrogen and oxygen atoms in total. The van der Waals surface area contributed by atoms with Gasteiger partial charge in [0.2, 0.25) is 0 Å². The molecule has 0 amide bonds. The minimum absolute atomic E-state index is 0.0313. The number of cyclic esters (lactones) is 2. The Hall–Kier alpha value is -2.48. The lowest BCUT2D eigenvalue weighted by Crippen LogP contribution is -2.20. The van der Waals surface area contributed by atoms with E-state index in [-0.39, 0.29) is 36.7 Å². The van der Waals surface area contributed by atoms with Crippen LogP contribution in [0, 0.1) is 23.7 Å². The van der Waals surface area contributed by atoms with Crippen molar-refractivity contribution in [1.29, 1.82) is 0 Å². The van der Waals surface area contributed by atoms with Crippen LogP contribution in [-0.2, 0) is 28.7 Å². The largest absolute Gasteiger partial charge is 0.481 e.